The fraction of sp³-hybridized carbons (Fsp3) is 0.318. The Hall–Kier alpha value is -3.73. The molecule has 0 aliphatic carbocycles. The van der Waals surface area contributed by atoms with Gasteiger partial charge in [-0.3, -0.25) is 4.68 Å². The Morgan fingerprint density at radius 1 is 1.12 bits per heavy atom. The van der Waals surface area contributed by atoms with E-state index in [1.54, 1.807) is 25.4 Å². The molecule has 0 atom stereocenters. The standard InChI is InChI=1S/C22H23F2N9/c1-2-13-3-4-18(20(24)19(13)23)33-22(29-30-31-33)17-9-14(10-27-21(17)25)15-11-28-32(12-15)16-5-7-26-8-6-16/h3-4,9-12,16,26H,2,5-8H2,1H3,(H2,25,27). The molecule has 1 aliphatic heterocycles. The molecule has 0 unspecified atom stereocenters. The van der Waals surface area contributed by atoms with Gasteiger partial charge in [-0.05, 0) is 60.5 Å². The van der Waals surface area contributed by atoms with E-state index in [1.165, 1.54) is 12.1 Å². The second kappa shape index (κ2) is 8.66. The lowest BCUT2D eigenvalue weighted by Crippen LogP contribution is -2.29. The number of rotatable bonds is 5. The summed E-state index contributed by atoms with van der Waals surface area (Å²) in [4.78, 5) is 4.29. The summed E-state index contributed by atoms with van der Waals surface area (Å²) < 4.78 is 32.3. The molecule has 3 N–H and O–H groups in total. The van der Waals surface area contributed by atoms with Crippen LogP contribution in [-0.4, -0.2) is 48.1 Å². The molecule has 1 aliphatic rings. The molecule has 0 spiro atoms. The van der Waals surface area contributed by atoms with Crippen molar-refractivity contribution in [3.8, 4) is 28.2 Å². The largest absolute Gasteiger partial charge is 0.383 e. The Bertz CT molecular complexity index is 1290. The molecule has 5 rings (SSSR count). The Labute approximate surface area is 188 Å². The van der Waals surface area contributed by atoms with Crippen molar-refractivity contribution in [3.63, 3.8) is 0 Å². The maximum absolute atomic E-state index is 14.8. The predicted molar refractivity (Wildman–Crippen MR) is 118 cm³/mol. The number of halogens is 2. The maximum atomic E-state index is 14.8. The SMILES string of the molecule is CCc1ccc(-n2nnnc2-c2cc(-c3cnn(C4CCNCC4)c3)cnc2N)c(F)c1F. The number of nitrogens with one attached hydrogen (secondary N) is 1. The molecule has 0 radical (unpaired) electrons. The zero-order valence-electron chi connectivity index (χ0n) is 18.0. The molecule has 0 saturated carbocycles. The van der Waals surface area contributed by atoms with E-state index in [0.29, 0.717) is 18.0 Å². The number of piperidine rings is 1. The third-order valence-corrected chi connectivity index (χ3v) is 6.00. The lowest BCUT2D eigenvalue weighted by molar-refractivity contribution is 0.343. The molecular formula is C22H23F2N9. The number of hydrogen-bond donors (Lipinski definition) is 2. The number of nitrogens with zero attached hydrogens (tertiary/aromatic N) is 7. The summed E-state index contributed by atoms with van der Waals surface area (Å²) in [5, 5.41) is 19.4. The van der Waals surface area contributed by atoms with Gasteiger partial charge >= 0.3 is 0 Å². The summed E-state index contributed by atoms with van der Waals surface area (Å²) in [5.41, 5.74) is 8.34. The third kappa shape index (κ3) is 3.84. The van der Waals surface area contributed by atoms with Crippen molar-refractivity contribution in [2.24, 2.45) is 0 Å². The Morgan fingerprint density at radius 3 is 2.73 bits per heavy atom. The van der Waals surface area contributed by atoms with Gasteiger partial charge < -0.3 is 11.1 Å². The van der Waals surface area contributed by atoms with Gasteiger partial charge in [-0.15, -0.1) is 5.10 Å². The third-order valence-electron chi connectivity index (χ3n) is 6.00. The van der Waals surface area contributed by atoms with Crippen LogP contribution in [0.25, 0.3) is 28.2 Å². The molecular weight excluding hydrogens is 428 g/mol. The van der Waals surface area contributed by atoms with E-state index >= 15 is 0 Å². The van der Waals surface area contributed by atoms with Crippen molar-refractivity contribution in [2.45, 2.75) is 32.2 Å². The van der Waals surface area contributed by atoms with Crippen molar-refractivity contribution < 1.29 is 8.78 Å². The summed E-state index contributed by atoms with van der Waals surface area (Å²) in [5.74, 6) is -1.60. The molecule has 4 aromatic rings. The highest BCUT2D eigenvalue weighted by Crippen LogP contribution is 2.31. The number of anilines is 1. The number of hydrogen-bond acceptors (Lipinski definition) is 7. The molecule has 11 heteroatoms. The summed E-state index contributed by atoms with van der Waals surface area (Å²) in [6, 6.07) is 5.10. The Balaban J connectivity index is 1.53. The summed E-state index contributed by atoms with van der Waals surface area (Å²) >= 11 is 0. The molecule has 1 aromatic carbocycles. The van der Waals surface area contributed by atoms with Crippen molar-refractivity contribution in [1.82, 2.24) is 40.3 Å². The van der Waals surface area contributed by atoms with Gasteiger partial charge in [0, 0.05) is 23.5 Å². The molecule has 1 saturated heterocycles. The van der Waals surface area contributed by atoms with Gasteiger partial charge in [-0.1, -0.05) is 13.0 Å². The van der Waals surface area contributed by atoms with Crippen molar-refractivity contribution >= 4 is 5.82 Å². The zero-order chi connectivity index (χ0) is 22.9. The van der Waals surface area contributed by atoms with E-state index in [0.717, 1.165) is 41.7 Å². The van der Waals surface area contributed by atoms with E-state index in [2.05, 4.69) is 30.9 Å². The first-order chi connectivity index (χ1) is 16.1. The van der Waals surface area contributed by atoms with Gasteiger partial charge in [-0.2, -0.15) is 9.78 Å². The van der Waals surface area contributed by atoms with Crippen molar-refractivity contribution in [2.75, 3.05) is 18.8 Å². The molecule has 33 heavy (non-hydrogen) atoms. The van der Waals surface area contributed by atoms with Gasteiger partial charge in [0.1, 0.15) is 11.5 Å². The first-order valence-electron chi connectivity index (χ1n) is 10.8. The molecule has 0 amide bonds. The van der Waals surface area contributed by atoms with E-state index < -0.39 is 11.6 Å². The first-order valence-corrected chi connectivity index (χ1v) is 10.8. The number of aromatic nitrogens is 7. The minimum Gasteiger partial charge on any atom is -0.383 e. The number of benzene rings is 1. The van der Waals surface area contributed by atoms with Crippen LogP contribution in [0.3, 0.4) is 0 Å². The smallest absolute Gasteiger partial charge is 0.190 e. The number of nitrogens with two attached hydrogens (primary N) is 1. The van der Waals surface area contributed by atoms with Crippen LogP contribution < -0.4 is 11.1 Å². The van der Waals surface area contributed by atoms with E-state index in [4.69, 9.17) is 5.73 Å². The van der Waals surface area contributed by atoms with Gasteiger partial charge in [0.15, 0.2) is 17.5 Å². The fourth-order valence-corrected chi connectivity index (χ4v) is 4.10. The molecule has 170 valence electrons. The summed E-state index contributed by atoms with van der Waals surface area (Å²) in [6.07, 6.45) is 7.80. The number of nitrogen functional groups attached to an aromatic ring is 1. The normalized spacial score (nSPS) is 14.6. The highest BCUT2D eigenvalue weighted by Gasteiger charge is 2.22. The maximum Gasteiger partial charge on any atom is 0.190 e. The van der Waals surface area contributed by atoms with Crippen LogP contribution in [-0.2, 0) is 6.42 Å². The fourth-order valence-electron chi connectivity index (χ4n) is 4.10. The van der Waals surface area contributed by atoms with Crippen LogP contribution in [0.1, 0.15) is 31.4 Å². The molecule has 4 heterocycles. The van der Waals surface area contributed by atoms with Crippen LogP contribution >= 0.6 is 0 Å². The van der Waals surface area contributed by atoms with Crippen LogP contribution in [0.2, 0.25) is 0 Å². The summed E-state index contributed by atoms with van der Waals surface area (Å²) in [6.45, 7) is 3.68. The van der Waals surface area contributed by atoms with Crippen molar-refractivity contribution in [3.05, 3.63) is 54.0 Å². The number of pyridine rings is 1. The van der Waals surface area contributed by atoms with Crippen LogP contribution in [0.15, 0.2) is 36.8 Å². The monoisotopic (exact) mass is 451 g/mol. The average Bonchev–Trinajstić information content (AvgIpc) is 3.52. The summed E-state index contributed by atoms with van der Waals surface area (Å²) in [7, 11) is 0. The van der Waals surface area contributed by atoms with Crippen LogP contribution in [0, 0.1) is 11.6 Å². The minimum absolute atomic E-state index is 0.103. The Kier molecular flexibility index (Phi) is 5.55. The lowest BCUT2D eigenvalue weighted by atomic mass is 10.1. The van der Waals surface area contributed by atoms with Crippen LogP contribution in [0.5, 0.6) is 0 Å². The van der Waals surface area contributed by atoms with Crippen LogP contribution in [0.4, 0.5) is 14.6 Å². The highest BCUT2D eigenvalue weighted by atomic mass is 19.2. The van der Waals surface area contributed by atoms with Gasteiger partial charge in [0.25, 0.3) is 0 Å². The molecule has 3 aromatic heterocycles. The first kappa shape index (κ1) is 21.1. The number of tetrazole rings is 1. The lowest BCUT2D eigenvalue weighted by Gasteiger charge is -2.22. The topological polar surface area (TPSA) is 112 Å². The minimum atomic E-state index is -1.02. The Morgan fingerprint density at radius 2 is 1.94 bits per heavy atom. The van der Waals surface area contributed by atoms with E-state index in [9.17, 15) is 8.78 Å². The molecule has 0 bridgehead atoms. The predicted octanol–water partition coefficient (Wildman–Crippen LogP) is 2.94. The second-order valence-electron chi connectivity index (χ2n) is 7.99. The quantitative estimate of drug-likeness (QED) is 0.480. The average molecular weight is 451 g/mol. The van der Waals surface area contributed by atoms with Crippen molar-refractivity contribution in [1.29, 1.82) is 0 Å². The van der Waals surface area contributed by atoms with E-state index in [1.807, 2.05) is 10.9 Å². The van der Waals surface area contributed by atoms with E-state index in [-0.39, 0.29) is 22.9 Å². The highest BCUT2D eigenvalue weighted by molar-refractivity contribution is 5.76. The van der Waals surface area contributed by atoms with Gasteiger partial charge in [0.05, 0.1) is 17.8 Å². The van der Waals surface area contributed by atoms with Gasteiger partial charge in [-0.25, -0.2) is 13.8 Å². The molecule has 9 nitrogen and oxygen atoms in total. The number of aryl methyl sites for hydroxylation is 1. The van der Waals surface area contributed by atoms with Gasteiger partial charge in [0.2, 0.25) is 0 Å². The zero-order valence-corrected chi connectivity index (χ0v) is 18.0. The molecule has 1 fully saturated rings. The second-order valence-corrected chi connectivity index (χ2v) is 7.99.